The lowest BCUT2D eigenvalue weighted by molar-refractivity contribution is -0.137. The minimum atomic E-state index is -0.796. The molecule has 1 heterocycles. The van der Waals surface area contributed by atoms with Gasteiger partial charge >= 0.3 is 5.97 Å². The zero-order chi connectivity index (χ0) is 15.4. The number of carbonyl (C=O) groups excluding carboxylic acids is 4. The number of rotatable bonds is 5. The molecule has 1 aromatic carbocycles. The highest BCUT2D eigenvalue weighted by molar-refractivity contribution is 6.24. The predicted molar refractivity (Wildman–Crippen MR) is 72.3 cm³/mol. The van der Waals surface area contributed by atoms with Gasteiger partial charge < -0.3 is 9.53 Å². The van der Waals surface area contributed by atoms with Gasteiger partial charge in [-0.1, -0.05) is 18.2 Å². The quantitative estimate of drug-likeness (QED) is 0.268. The van der Waals surface area contributed by atoms with Gasteiger partial charge in [0.25, 0.3) is 11.8 Å². The number of imide groups is 1. The van der Waals surface area contributed by atoms with Crippen molar-refractivity contribution in [2.45, 2.75) is 12.8 Å². The van der Waals surface area contributed by atoms with Crippen LogP contribution < -0.4 is 0 Å². The predicted octanol–water partition coefficient (Wildman–Crippen LogP) is 1.32. The summed E-state index contributed by atoms with van der Waals surface area (Å²) < 4.78 is 4.61. The normalized spacial score (nSPS) is 14.1. The first-order valence-electron chi connectivity index (χ1n) is 6.31. The van der Waals surface area contributed by atoms with Crippen molar-refractivity contribution in [2.24, 2.45) is 0 Å². The van der Waals surface area contributed by atoms with Crippen LogP contribution in [0.5, 0.6) is 0 Å². The minimum Gasteiger partial charge on any atom is -0.464 e. The Hall–Kier alpha value is -2.76. The number of aldehydes is 1. The summed E-state index contributed by atoms with van der Waals surface area (Å²) in [5, 5.41) is 0. The van der Waals surface area contributed by atoms with E-state index in [1.165, 1.54) is 18.2 Å². The zero-order valence-electron chi connectivity index (χ0n) is 11.4. The number of fused-ring (bicyclic) bond motifs is 1. The summed E-state index contributed by atoms with van der Waals surface area (Å²) in [6.45, 7) is 0. The summed E-state index contributed by atoms with van der Waals surface area (Å²) in [5.41, 5.74) is 0.325. The lowest BCUT2D eigenvalue weighted by atomic mass is 10.1. The molecule has 21 heavy (non-hydrogen) atoms. The fourth-order valence-electron chi connectivity index (χ4n) is 2.07. The van der Waals surface area contributed by atoms with Gasteiger partial charge in [-0.05, 0) is 18.6 Å². The molecule has 0 bridgehead atoms. The van der Waals surface area contributed by atoms with E-state index in [4.69, 9.17) is 0 Å². The second-order valence-electron chi connectivity index (χ2n) is 4.32. The Labute approximate surface area is 121 Å². The van der Waals surface area contributed by atoms with Crippen molar-refractivity contribution >= 4 is 24.1 Å². The molecule has 6 nitrogen and oxygen atoms in total. The van der Waals surface area contributed by atoms with Gasteiger partial charge in [0.05, 0.1) is 18.2 Å². The van der Waals surface area contributed by atoms with Crippen molar-refractivity contribution in [3.05, 3.63) is 47.2 Å². The van der Waals surface area contributed by atoms with Crippen LogP contribution in [0.4, 0.5) is 0 Å². The molecule has 1 aliphatic rings. The third-order valence-electron chi connectivity index (χ3n) is 3.05. The van der Waals surface area contributed by atoms with Gasteiger partial charge in [0.15, 0.2) is 0 Å². The van der Waals surface area contributed by atoms with Gasteiger partial charge in [0.2, 0.25) is 0 Å². The van der Waals surface area contributed by atoms with Crippen LogP contribution in [-0.2, 0) is 14.3 Å². The van der Waals surface area contributed by atoms with E-state index in [9.17, 15) is 19.2 Å². The Balaban J connectivity index is 2.41. The van der Waals surface area contributed by atoms with Gasteiger partial charge in [-0.2, -0.15) is 0 Å². The molecule has 0 N–H and O–H groups in total. The second kappa shape index (κ2) is 6.13. The molecule has 0 aromatic heterocycles. The highest BCUT2D eigenvalue weighted by Gasteiger charge is 2.39. The average Bonchev–Trinajstić information content (AvgIpc) is 2.76. The van der Waals surface area contributed by atoms with E-state index >= 15 is 0 Å². The number of esters is 1. The number of ether oxygens (including phenoxy) is 1. The van der Waals surface area contributed by atoms with E-state index in [0.717, 1.165) is 12.0 Å². The Morgan fingerprint density at radius 3 is 2.19 bits per heavy atom. The average molecular weight is 287 g/mol. The molecule has 1 aliphatic heterocycles. The molecule has 0 unspecified atom stereocenters. The molecule has 2 amide bonds. The number of hydrogen-bond donors (Lipinski definition) is 0. The van der Waals surface area contributed by atoms with Gasteiger partial charge in [0, 0.05) is 6.42 Å². The first-order valence-corrected chi connectivity index (χ1v) is 6.31. The number of hydrogen-bond acceptors (Lipinski definition) is 5. The van der Waals surface area contributed by atoms with Gasteiger partial charge in [-0.15, -0.1) is 0 Å². The molecule has 108 valence electrons. The second-order valence-corrected chi connectivity index (χ2v) is 4.32. The Bertz CT molecular complexity index is 612. The Morgan fingerprint density at radius 2 is 1.71 bits per heavy atom. The van der Waals surface area contributed by atoms with E-state index in [-0.39, 0.29) is 29.7 Å². The lowest BCUT2D eigenvalue weighted by Gasteiger charge is -2.15. The number of unbranched alkanes of at least 4 members (excludes halogenated alkanes) is 1. The van der Waals surface area contributed by atoms with Crippen molar-refractivity contribution in [2.75, 3.05) is 7.11 Å². The van der Waals surface area contributed by atoms with Crippen molar-refractivity contribution < 1.29 is 23.9 Å². The van der Waals surface area contributed by atoms with Gasteiger partial charge in [-0.3, -0.25) is 9.59 Å². The smallest absolute Gasteiger partial charge is 0.354 e. The van der Waals surface area contributed by atoms with Gasteiger partial charge in [-0.25, -0.2) is 9.69 Å². The Morgan fingerprint density at radius 1 is 1.14 bits per heavy atom. The maximum Gasteiger partial charge on any atom is 0.354 e. The molecule has 0 atom stereocenters. The Kier molecular flexibility index (Phi) is 4.27. The van der Waals surface area contributed by atoms with Crippen molar-refractivity contribution in [3.63, 3.8) is 0 Å². The fraction of sp³-hybridized carbons (Fsp3) is 0.200. The molecule has 0 radical (unpaired) electrons. The lowest BCUT2D eigenvalue weighted by Crippen LogP contribution is -2.33. The van der Waals surface area contributed by atoms with Crippen LogP contribution in [0.1, 0.15) is 33.6 Å². The third-order valence-corrected chi connectivity index (χ3v) is 3.05. The van der Waals surface area contributed by atoms with Crippen LogP contribution in [0.3, 0.4) is 0 Å². The summed E-state index contributed by atoms with van der Waals surface area (Å²) >= 11 is 0. The molecule has 1 aromatic rings. The van der Waals surface area contributed by atoms with Crippen LogP contribution in [0.25, 0.3) is 0 Å². The highest BCUT2D eigenvalue weighted by Crippen LogP contribution is 2.26. The topological polar surface area (TPSA) is 80.8 Å². The first kappa shape index (κ1) is 14.6. The molecule has 0 spiro atoms. The fourth-order valence-corrected chi connectivity index (χ4v) is 2.07. The van der Waals surface area contributed by atoms with Crippen molar-refractivity contribution in [1.82, 2.24) is 4.90 Å². The van der Waals surface area contributed by atoms with Crippen molar-refractivity contribution in [3.8, 4) is 0 Å². The first-order chi connectivity index (χ1) is 10.1. The largest absolute Gasteiger partial charge is 0.464 e. The number of nitrogens with zero attached hydrogens (tertiary/aromatic N) is 1. The number of methoxy groups -OCH3 is 1. The van der Waals surface area contributed by atoms with Crippen LogP contribution in [0, 0.1) is 0 Å². The summed E-state index contributed by atoms with van der Waals surface area (Å²) in [5.74, 6) is -1.94. The molecule has 0 saturated carbocycles. The molecule has 6 heteroatoms. The number of allylic oxidation sites excluding steroid dienone is 1. The summed E-state index contributed by atoms with van der Waals surface area (Å²) in [7, 11) is 1.16. The molecule has 0 saturated heterocycles. The van der Waals surface area contributed by atoms with E-state index in [0.29, 0.717) is 6.29 Å². The van der Waals surface area contributed by atoms with Crippen LogP contribution in [0.2, 0.25) is 0 Å². The van der Waals surface area contributed by atoms with Crippen LogP contribution in [-0.4, -0.2) is 36.1 Å². The van der Waals surface area contributed by atoms with E-state index < -0.39 is 17.8 Å². The van der Waals surface area contributed by atoms with Crippen LogP contribution in [0.15, 0.2) is 36.0 Å². The number of carbonyl (C=O) groups is 4. The standard InChI is InChI=1S/C15H13NO5/c1-21-15(20)12(8-4-5-9-17)16-13(18)10-6-2-3-7-11(10)14(16)19/h2-3,6-9H,4-5H2,1H3/b12-8+. The third kappa shape index (κ3) is 2.60. The monoisotopic (exact) mass is 287 g/mol. The van der Waals surface area contributed by atoms with E-state index in [1.807, 2.05) is 0 Å². The maximum absolute atomic E-state index is 12.3. The zero-order valence-corrected chi connectivity index (χ0v) is 11.4. The van der Waals surface area contributed by atoms with Crippen molar-refractivity contribution in [1.29, 1.82) is 0 Å². The summed E-state index contributed by atoms with van der Waals surface area (Å²) in [6.07, 6.45) is 2.47. The minimum absolute atomic E-state index is 0.162. The summed E-state index contributed by atoms with van der Waals surface area (Å²) in [6, 6.07) is 6.33. The number of benzene rings is 1. The SMILES string of the molecule is COC(=O)/C(=C\CCC=O)N1C(=O)c2ccccc2C1=O. The molecule has 0 aliphatic carbocycles. The molecular weight excluding hydrogens is 274 g/mol. The van der Waals surface area contributed by atoms with Gasteiger partial charge in [0.1, 0.15) is 12.0 Å². The molecule has 2 rings (SSSR count). The number of amides is 2. The summed E-state index contributed by atoms with van der Waals surface area (Å²) in [4.78, 5) is 47.5. The maximum atomic E-state index is 12.3. The molecular formula is C15H13NO5. The van der Waals surface area contributed by atoms with E-state index in [2.05, 4.69) is 4.74 Å². The van der Waals surface area contributed by atoms with Crippen LogP contribution >= 0.6 is 0 Å². The highest BCUT2D eigenvalue weighted by atomic mass is 16.5. The molecule has 0 fully saturated rings. The van der Waals surface area contributed by atoms with E-state index in [1.54, 1.807) is 12.1 Å².